The van der Waals surface area contributed by atoms with Gasteiger partial charge in [0, 0.05) is 0 Å². The zero-order valence-electron chi connectivity index (χ0n) is 20.4. The van der Waals surface area contributed by atoms with E-state index in [2.05, 4.69) is 0 Å². The van der Waals surface area contributed by atoms with Crippen molar-refractivity contribution in [3.8, 4) is 0 Å². The fraction of sp³-hybridized carbons (Fsp3) is 1.00. The molecule has 49 heavy (non-hydrogen) atoms. The van der Waals surface area contributed by atoms with Crippen molar-refractivity contribution in [1.82, 2.24) is 0 Å². The van der Waals surface area contributed by atoms with Crippen LogP contribution in [0.2, 0.25) is 0 Å². The highest BCUT2D eigenvalue weighted by Gasteiger charge is 2.96. The summed E-state index contributed by atoms with van der Waals surface area (Å²) < 4.78 is 414. The second-order valence-corrected chi connectivity index (χ2v) is 8.31. The third kappa shape index (κ3) is 6.61. The molecular formula is C15F34. The van der Waals surface area contributed by atoms with E-state index >= 15 is 0 Å². The van der Waals surface area contributed by atoms with Crippen molar-refractivity contribution in [2.45, 2.75) is 89.9 Å². The molecule has 0 spiro atoms. The van der Waals surface area contributed by atoms with E-state index in [0.717, 1.165) is 0 Å². The van der Waals surface area contributed by atoms with E-state index in [9.17, 15) is 149 Å². The average molecular weight is 826 g/mol. The third-order valence-electron chi connectivity index (χ3n) is 4.97. The standard InChI is InChI=1S/C8F18.C7F16/c9-1(10,3(13,14)5(17,18)7(21,22)23)2(11,12)4(15,16)6(19,20)8(24,25)26;8-1(9,2(10,11)4(14,15)6(18,19)20)3(12,13)5(16,17)7(21,22)23. The first-order valence-corrected chi connectivity index (χ1v) is 9.68. The molecule has 0 saturated carbocycles. The van der Waals surface area contributed by atoms with Gasteiger partial charge in [-0.3, -0.25) is 0 Å². The van der Waals surface area contributed by atoms with Crippen LogP contribution in [0.25, 0.3) is 0 Å². The molecule has 0 aliphatic rings. The maximum Gasteiger partial charge on any atom is 0.460 e. The van der Waals surface area contributed by atoms with Crippen LogP contribution in [-0.2, 0) is 0 Å². The minimum absolute atomic E-state index is 7.66. The third-order valence-corrected chi connectivity index (χ3v) is 4.97. The molecule has 0 aliphatic carbocycles. The van der Waals surface area contributed by atoms with Crippen LogP contribution in [-0.4, -0.2) is 89.9 Å². The van der Waals surface area contributed by atoms with Gasteiger partial charge < -0.3 is 0 Å². The van der Waals surface area contributed by atoms with Gasteiger partial charge in [-0.1, -0.05) is 0 Å². The van der Waals surface area contributed by atoms with Gasteiger partial charge in [0.15, 0.2) is 0 Å². The van der Waals surface area contributed by atoms with Crippen molar-refractivity contribution < 1.29 is 149 Å². The Morgan fingerprint density at radius 2 is 0.163 bits per heavy atom. The second kappa shape index (κ2) is 11.8. The quantitative estimate of drug-likeness (QED) is 0.203. The van der Waals surface area contributed by atoms with Crippen molar-refractivity contribution >= 4 is 0 Å². The molecule has 298 valence electrons. The fourth-order valence-corrected chi connectivity index (χ4v) is 2.09. The Hall–Kier alpha value is -2.38. The molecule has 0 aromatic rings. The van der Waals surface area contributed by atoms with Gasteiger partial charge in [0.1, 0.15) is 0 Å². The lowest BCUT2D eigenvalue weighted by Gasteiger charge is -2.41. The first kappa shape index (κ1) is 48.7. The number of hydrogen-bond donors (Lipinski definition) is 0. The maximum atomic E-state index is 12.8. The summed E-state index contributed by atoms with van der Waals surface area (Å²) in [6.45, 7) is 0. The first-order chi connectivity index (χ1) is 20.2. The predicted octanol–water partition coefficient (Wildman–Crippen LogP) is 11.2. The van der Waals surface area contributed by atoms with Gasteiger partial charge in [-0.2, -0.15) is 149 Å². The predicted molar refractivity (Wildman–Crippen MR) is 78.6 cm³/mol. The Morgan fingerprint density at radius 3 is 0.224 bits per heavy atom. The Balaban J connectivity index is 0. The van der Waals surface area contributed by atoms with E-state index in [1.165, 1.54) is 0 Å². The molecule has 0 aromatic carbocycles. The van der Waals surface area contributed by atoms with Crippen molar-refractivity contribution in [2.75, 3.05) is 0 Å². The van der Waals surface area contributed by atoms with E-state index in [1.54, 1.807) is 0 Å². The van der Waals surface area contributed by atoms with E-state index in [-0.39, 0.29) is 0 Å². The van der Waals surface area contributed by atoms with Gasteiger partial charge in [-0.05, 0) is 0 Å². The highest BCUT2D eigenvalue weighted by molar-refractivity contribution is 5.14. The van der Waals surface area contributed by atoms with Crippen LogP contribution in [0, 0.1) is 0 Å². The number of halogens is 34. The second-order valence-electron chi connectivity index (χ2n) is 8.31. The molecule has 0 nitrogen and oxygen atoms in total. The van der Waals surface area contributed by atoms with Crippen molar-refractivity contribution in [1.29, 1.82) is 0 Å². The summed E-state index contributed by atoms with van der Waals surface area (Å²) in [5.74, 6) is -92.2. The lowest BCUT2D eigenvalue weighted by molar-refractivity contribution is -0.468. The summed E-state index contributed by atoms with van der Waals surface area (Å²) in [7, 11) is 0. The molecule has 0 saturated heterocycles. The minimum Gasteiger partial charge on any atom is -0.192 e. The van der Waals surface area contributed by atoms with Gasteiger partial charge in [0.25, 0.3) is 0 Å². The van der Waals surface area contributed by atoms with Crippen LogP contribution >= 0.6 is 0 Å². The van der Waals surface area contributed by atoms with Gasteiger partial charge in [-0.15, -0.1) is 0 Å². The van der Waals surface area contributed by atoms with Crippen LogP contribution in [0.4, 0.5) is 149 Å². The molecule has 0 rings (SSSR count). The Kier molecular flexibility index (Phi) is 11.8. The molecule has 0 bridgehead atoms. The van der Waals surface area contributed by atoms with Crippen LogP contribution in [0.3, 0.4) is 0 Å². The molecule has 0 unspecified atom stereocenters. The summed E-state index contributed by atoms with van der Waals surface area (Å²) in [6.07, 6.45) is -30.9. The fourth-order valence-electron chi connectivity index (χ4n) is 2.09. The lowest BCUT2D eigenvalue weighted by Crippen LogP contribution is -2.74. The smallest absolute Gasteiger partial charge is 0.192 e. The summed E-state index contributed by atoms with van der Waals surface area (Å²) >= 11 is 0. The van der Waals surface area contributed by atoms with Crippen LogP contribution in [0.5, 0.6) is 0 Å². The van der Waals surface area contributed by atoms with Crippen molar-refractivity contribution in [3.05, 3.63) is 0 Å². The van der Waals surface area contributed by atoms with Crippen molar-refractivity contribution in [3.63, 3.8) is 0 Å². The first-order valence-electron chi connectivity index (χ1n) is 9.68. The molecular weight excluding hydrogens is 826 g/mol. The molecule has 0 amide bonds. The molecule has 0 aliphatic heterocycles. The highest BCUT2D eigenvalue weighted by Crippen LogP contribution is 2.65. The summed E-state index contributed by atoms with van der Waals surface area (Å²) in [5.41, 5.74) is 0. The molecule has 0 fully saturated rings. The van der Waals surface area contributed by atoms with Gasteiger partial charge in [0.05, 0.1) is 0 Å². The Bertz CT molecular complexity index is 1040. The minimum atomic E-state index is -8.72. The molecule has 0 heterocycles. The van der Waals surface area contributed by atoms with Crippen LogP contribution < -0.4 is 0 Å². The number of alkyl halides is 34. The van der Waals surface area contributed by atoms with Gasteiger partial charge >= 0.3 is 89.9 Å². The zero-order valence-corrected chi connectivity index (χ0v) is 20.4. The normalized spacial score (nSPS) is 16.8. The average Bonchev–Trinajstić information content (AvgIpc) is 2.80. The number of hydrogen-bond acceptors (Lipinski definition) is 0. The molecule has 0 radical (unpaired) electrons. The maximum absolute atomic E-state index is 12.8. The topological polar surface area (TPSA) is 0 Å². The lowest BCUT2D eigenvalue weighted by atomic mass is 9.91. The number of rotatable bonds is 9. The Morgan fingerprint density at radius 1 is 0.102 bits per heavy atom. The SMILES string of the molecule is FC(F)(F)C(F)(F)C(F)(F)C(F)(F)C(F)(F)C(F)(F)C(F)(F)C(F)(F)F.FC(F)(F)C(F)(F)C(F)(F)C(F)(F)C(F)(F)C(F)(F)C(F)(F)F. The molecule has 0 atom stereocenters. The summed E-state index contributed by atoms with van der Waals surface area (Å²) in [6, 6.07) is 0. The largest absolute Gasteiger partial charge is 0.460 e. The molecule has 34 heteroatoms. The van der Waals surface area contributed by atoms with Gasteiger partial charge in [0.2, 0.25) is 0 Å². The van der Waals surface area contributed by atoms with Crippen LogP contribution in [0.15, 0.2) is 0 Å². The molecule has 0 aromatic heterocycles. The van der Waals surface area contributed by atoms with E-state index in [4.69, 9.17) is 0 Å². The molecule has 0 N–H and O–H groups in total. The highest BCUT2D eigenvalue weighted by atomic mass is 19.5. The van der Waals surface area contributed by atoms with E-state index in [0.29, 0.717) is 0 Å². The summed E-state index contributed by atoms with van der Waals surface area (Å²) in [4.78, 5) is 0. The van der Waals surface area contributed by atoms with E-state index < -0.39 is 89.9 Å². The summed E-state index contributed by atoms with van der Waals surface area (Å²) in [5, 5.41) is 0. The van der Waals surface area contributed by atoms with Crippen LogP contribution in [0.1, 0.15) is 0 Å². The van der Waals surface area contributed by atoms with Gasteiger partial charge in [-0.25, -0.2) is 0 Å². The monoisotopic (exact) mass is 826 g/mol. The zero-order chi connectivity index (χ0) is 41.5. The Labute approximate surface area is 240 Å². The van der Waals surface area contributed by atoms with E-state index in [1.807, 2.05) is 0 Å². The van der Waals surface area contributed by atoms with Crippen molar-refractivity contribution in [2.24, 2.45) is 0 Å².